The van der Waals surface area contributed by atoms with Crippen LogP contribution in [0.5, 0.6) is 0 Å². The molecule has 1 amide bonds. The maximum Gasteiger partial charge on any atom is 0.328 e. The number of ether oxygens (including phenoxy) is 2. The average molecular weight is 277 g/mol. The van der Waals surface area contributed by atoms with Crippen LogP contribution < -0.4 is 5.32 Å². The summed E-state index contributed by atoms with van der Waals surface area (Å²) in [6, 6.07) is 8.30. The quantitative estimate of drug-likeness (QED) is 0.607. The van der Waals surface area contributed by atoms with Gasteiger partial charge in [0, 0.05) is 7.11 Å². The molecule has 1 N–H and O–H groups in total. The molecule has 2 atom stereocenters. The Labute approximate surface area is 118 Å². The molecule has 0 unspecified atom stereocenters. The number of rotatable bonds is 7. The van der Waals surface area contributed by atoms with Crippen LogP contribution in [0.15, 0.2) is 43.0 Å². The van der Waals surface area contributed by atoms with E-state index in [0.717, 1.165) is 5.56 Å². The van der Waals surface area contributed by atoms with Crippen molar-refractivity contribution < 1.29 is 19.1 Å². The van der Waals surface area contributed by atoms with Crippen molar-refractivity contribution in [1.82, 2.24) is 5.32 Å². The summed E-state index contributed by atoms with van der Waals surface area (Å²) in [6.45, 7) is 3.56. The molecule has 0 aliphatic rings. The van der Waals surface area contributed by atoms with Gasteiger partial charge < -0.3 is 14.8 Å². The Balaban J connectivity index is 2.80. The summed E-state index contributed by atoms with van der Waals surface area (Å²) in [6.07, 6.45) is 1.07. The van der Waals surface area contributed by atoms with Crippen LogP contribution in [0.25, 0.3) is 0 Å². The van der Waals surface area contributed by atoms with Crippen molar-refractivity contribution in [2.24, 2.45) is 0 Å². The number of esters is 1. The molecular weight excluding hydrogens is 258 g/mol. The first-order valence-electron chi connectivity index (χ1n) is 6.20. The summed E-state index contributed by atoms with van der Waals surface area (Å²) in [5.74, 6) is -0.905. The largest absolute Gasteiger partial charge is 0.467 e. The lowest BCUT2D eigenvalue weighted by Gasteiger charge is -2.20. The molecule has 1 aromatic rings. The topological polar surface area (TPSA) is 64.6 Å². The predicted molar refractivity (Wildman–Crippen MR) is 75.0 cm³/mol. The van der Waals surface area contributed by atoms with Gasteiger partial charge in [-0.3, -0.25) is 4.79 Å². The highest BCUT2D eigenvalue weighted by Gasteiger charge is 2.26. The van der Waals surface area contributed by atoms with Gasteiger partial charge in [0.1, 0.15) is 6.04 Å². The lowest BCUT2D eigenvalue weighted by Crippen LogP contribution is -2.43. The van der Waals surface area contributed by atoms with E-state index in [0.29, 0.717) is 6.42 Å². The molecule has 108 valence electrons. The van der Waals surface area contributed by atoms with Gasteiger partial charge in [0.05, 0.1) is 7.11 Å². The van der Waals surface area contributed by atoms with Crippen LogP contribution in [0.1, 0.15) is 18.1 Å². The molecular formula is C15H19NO4. The summed E-state index contributed by atoms with van der Waals surface area (Å²) in [5, 5.41) is 2.61. The van der Waals surface area contributed by atoms with Crippen molar-refractivity contribution in [3.05, 3.63) is 48.6 Å². The van der Waals surface area contributed by atoms with E-state index in [-0.39, 0.29) is 0 Å². The molecule has 0 heterocycles. The molecule has 1 aromatic carbocycles. The molecule has 5 nitrogen and oxygen atoms in total. The van der Waals surface area contributed by atoms with Crippen LogP contribution in [0.3, 0.4) is 0 Å². The highest BCUT2D eigenvalue weighted by atomic mass is 16.5. The Morgan fingerprint density at radius 1 is 1.30 bits per heavy atom. The maximum absolute atomic E-state index is 12.2. The van der Waals surface area contributed by atoms with E-state index in [1.807, 2.05) is 18.2 Å². The first-order chi connectivity index (χ1) is 9.63. The number of benzene rings is 1. The Morgan fingerprint density at radius 3 is 2.45 bits per heavy atom. The van der Waals surface area contributed by atoms with E-state index >= 15 is 0 Å². The third-order valence-electron chi connectivity index (χ3n) is 2.78. The van der Waals surface area contributed by atoms with Gasteiger partial charge in [0.2, 0.25) is 0 Å². The monoisotopic (exact) mass is 277 g/mol. The molecule has 0 radical (unpaired) electrons. The number of carbonyl (C=O) groups excluding carboxylic acids is 2. The maximum atomic E-state index is 12.2. The van der Waals surface area contributed by atoms with Gasteiger partial charge in [-0.05, 0) is 12.0 Å². The lowest BCUT2D eigenvalue weighted by molar-refractivity contribution is -0.146. The molecule has 0 saturated carbocycles. The fourth-order valence-corrected chi connectivity index (χ4v) is 1.79. The Kier molecular flexibility index (Phi) is 6.46. The Bertz CT molecular complexity index is 458. The van der Waals surface area contributed by atoms with Crippen molar-refractivity contribution in [3.8, 4) is 0 Å². The normalized spacial score (nSPS) is 13.1. The van der Waals surface area contributed by atoms with Crippen LogP contribution in [-0.4, -0.2) is 32.1 Å². The number of hydrogen-bond acceptors (Lipinski definition) is 4. The zero-order valence-electron chi connectivity index (χ0n) is 11.7. The molecule has 0 fully saturated rings. The van der Waals surface area contributed by atoms with Crippen LogP contribution in [0, 0.1) is 0 Å². The number of carbonyl (C=O) groups is 2. The fourth-order valence-electron chi connectivity index (χ4n) is 1.79. The minimum absolute atomic E-state index is 0.295. The van der Waals surface area contributed by atoms with Crippen molar-refractivity contribution in [2.75, 3.05) is 14.2 Å². The Hall–Kier alpha value is -2.14. The molecule has 1 rings (SSSR count). The van der Waals surface area contributed by atoms with Crippen molar-refractivity contribution >= 4 is 11.9 Å². The van der Waals surface area contributed by atoms with Gasteiger partial charge in [-0.25, -0.2) is 4.79 Å². The highest BCUT2D eigenvalue weighted by Crippen LogP contribution is 2.16. The van der Waals surface area contributed by atoms with Crippen molar-refractivity contribution in [2.45, 2.75) is 18.6 Å². The summed E-state index contributed by atoms with van der Waals surface area (Å²) < 4.78 is 9.84. The molecule has 20 heavy (non-hydrogen) atoms. The number of nitrogens with one attached hydrogen (secondary N) is 1. The van der Waals surface area contributed by atoms with Gasteiger partial charge in [-0.15, -0.1) is 6.58 Å². The first kappa shape index (κ1) is 15.9. The highest BCUT2D eigenvalue weighted by molar-refractivity contribution is 5.87. The standard InChI is InChI=1S/C15H19NO4/c1-4-8-12(15(18)20-3)16-14(17)13(19-2)11-9-6-5-7-10-11/h4-7,9-10,12-13H,1,8H2,2-3H3,(H,16,17)/t12-,13-/m1/s1. The summed E-state index contributed by atoms with van der Waals surface area (Å²) >= 11 is 0. The van der Waals surface area contributed by atoms with Crippen LogP contribution in [0.2, 0.25) is 0 Å². The first-order valence-corrected chi connectivity index (χ1v) is 6.20. The minimum atomic E-state index is -0.770. The summed E-state index contributed by atoms with van der Waals surface area (Å²) in [4.78, 5) is 23.8. The zero-order chi connectivity index (χ0) is 15.0. The van der Waals surface area contributed by atoms with E-state index in [9.17, 15) is 9.59 Å². The molecule has 0 spiro atoms. The minimum Gasteiger partial charge on any atom is -0.467 e. The number of methoxy groups -OCH3 is 2. The average Bonchev–Trinajstić information content (AvgIpc) is 2.48. The third kappa shape index (κ3) is 4.20. The SMILES string of the molecule is C=CC[C@@H](NC(=O)[C@H](OC)c1ccccc1)C(=O)OC. The van der Waals surface area contributed by atoms with Crippen LogP contribution in [0.4, 0.5) is 0 Å². The van der Waals surface area contributed by atoms with E-state index in [4.69, 9.17) is 4.74 Å². The van der Waals surface area contributed by atoms with Crippen LogP contribution >= 0.6 is 0 Å². The molecule has 0 aromatic heterocycles. The second-order valence-electron chi connectivity index (χ2n) is 4.14. The molecule has 0 aliphatic heterocycles. The number of amides is 1. The fraction of sp³-hybridized carbons (Fsp3) is 0.333. The van der Waals surface area contributed by atoms with E-state index < -0.39 is 24.0 Å². The second-order valence-corrected chi connectivity index (χ2v) is 4.14. The van der Waals surface area contributed by atoms with E-state index in [2.05, 4.69) is 16.6 Å². The van der Waals surface area contributed by atoms with E-state index in [1.165, 1.54) is 14.2 Å². The predicted octanol–water partition coefficient (Wildman–Crippen LogP) is 1.61. The van der Waals surface area contributed by atoms with Crippen molar-refractivity contribution in [1.29, 1.82) is 0 Å². The van der Waals surface area contributed by atoms with Gasteiger partial charge in [0.25, 0.3) is 5.91 Å². The van der Waals surface area contributed by atoms with Crippen LogP contribution in [-0.2, 0) is 19.1 Å². The molecule has 5 heteroatoms. The Morgan fingerprint density at radius 2 is 1.95 bits per heavy atom. The van der Waals surface area contributed by atoms with E-state index in [1.54, 1.807) is 18.2 Å². The summed E-state index contributed by atoms with van der Waals surface area (Å²) in [5.41, 5.74) is 0.717. The molecule has 0 bridgehead atoms. The summed E-state index contributed by atoms with van der Waals surface area (Å²) in [7, 11) is 2.72. The zero-order valence-corrected chi connectivity index (χ0v) is 11.7. The molecule has 0 saturated heterocycles. The third-order valence-corrected chi connectivity index (χ3v) is 2.78. The van der Waals surface area contributed by atoms with Gasteiger partial charge >= 0.3 is 5.97 Å². The second kappa shape index (κ2) is 8.12. The van der Waals surface area contributed by atoms with Gasteiger partial charge in [0.15, 0.2) is 6.10 Å². The van der Waals surface area contributed by atoms with Crippen molar-refractivity contribution in [3.63, 3.8) is 0 Å². The van der Waals surface area contributed by atoms with Gasteiger partial charge in [-0.1, -0.05) is 36.4 Å². The van der Waals surface area contributed by atoms with Gasteiger partial charge in [-0.2, -0.15) is 0 Å². The molecule has 0 aliphatic carbocycles. The smallest absolute Gasteiger partial charge is 0.328 e. The number of hydrogen-bond donors (Lipinski definition) is 1. The lowest BCUT2D eigenvalue weighted by atomic mass is 10.1.